The van der Waals surface area contributed by atoms with Crippen molar-refractivity contribution in [3.63, 3.8) is 0 Å². The average molecular weight is 1110 g/mol. The molecule has 0 atom stereocenters. The van der Waals surface area contributed by atoms with Gasteiger partial charge in [-0.05, 0) is 74.6 Å². The zero-order valence-corrected chi connectivity index (χ0v) is 54.4. The highest BCUT2D eigenvalue weighted by molar-refractivity contribution is 5.83. The van der Waals surface area contributed by atoms with Crippen molar-refractivity contribution >= 4 is 11.4 Å². The molecule has 0 spiro atoms. The Morgan fingerprint density at radius 1 is 0.259 bits per heavy atom. The van der Waals surface area contributed by atoms with Crippen molar-refractivity contribution in [1.82, 2.24) is 0 Å². The van der Waals surface area contributed by atoms with Crippen molar-refractivity contribution < 1.29 is 4.70 Å². The Morgan fingerprint density at radius 3 is 0.741 bits per heavy atom. The minimum atomic E-state index is 0.853. The fourth-order valence-corrected chi connectivity index (χ4v) is 12.6. The van der Waals surface area contributed by atoms with E-state index in [0.717, 1.165) is 88.4 Å². The lowest BCUT2D eigenvalue weighted by Gasteiger charge is -2.14. The number of hydrogen-bond donors (Lipinski definition) is 0. The first kappa shape index (κ1) is 71.9. The van der Waals surface area contributed by atoms with Crippen molar-refractivity contribution in [1.29, 1.82) is 0 Å². The minimum absolute atomic E-state index is 0.853. The largest absolute Gasteiger partial charge is 0.493 e. The molecule has 0 fully saturated rings. The van der Waals surface area contributed by atoms with Crippen LogP contribution < -0.4 is 0 Å². The van der Waals surface area contributed by atoms with Crippen LogP contribution in [0, 0.1) is 23.7 Å². The van der Waals surface area contributed by atoms with Crippen LogP contribution in [0.15, 0.2) is 59.7 Å². The summed E-state index contributed by atoms with van der Waals surface area (Å²) in [6.07, 6.45) is 73.1. The van der Waals surface area contributed by atoms with Crippen LogP contribution in [0.25, 0.3) is 16.9 Å². The maximum absolute atomic E-state index is 12.5. The molecule has 2 aromatic carbocycles. The summed E-state index contributed by atoms with van der Waals surface area (Å²) in [6.45, 7) is 9.19. The van der Waals surface area contributed by atoms with Crippen LogP contribution in [0.1, 0.15) is 390 Å². The predicted octanol–water partition coefficient (Wildman–Crippen LogP) is 26.7. The summed E-state index contributed by atoms with van der Waals surface area (Å²) in [4.78, 5) is 0. The molecular formula is C79H130N2. The van der Waals surface area contributed by atoms with Crippen LogP contribution in [-0.2, 0) is 12.8 Å². The SMILES string of the molecule is CCCCCCCCCCCCCCCCCCCCCCCC#CCCc1ccccc1C1=C(CCCC)C(CCCC)=C(c2ccccc2CCC#CCCCCCCCCCCCCCCCCCCCCCCCC)[N+]1=[N-]. The van der Waals surface area contributed by atoms with E-state index in [1.54, 1.807) is 4.70 Å². The van der Waals surface area contributed by atoms with E-state index in [4.69, 9.17) is 0 Å². The molecule has 0 aliphatic carbocycles. The zero-order valence-electron chi connectivity index (χ0n) is 54.4. The lowest BCUT2D eigenvalue weighted by Crippen LogP contribution is -2.06. The Bertz CT molecular complexity index is 2010. The second-order valence-electron chi connectivity index (χ2n) is 25.2. The first-order chi connectivity index (χ1) is 40.2. The average Bonchev–Trinajstić information content (AvgIpc) is 3.50. The van der Waals surface area contributed by atoms with Crippen LogP contribution >= 0.6 is 0 Å². The van der Waals surface area contributed by atoms with Gasteiger partial charge in [-0.1, -0.05) is 340 Å². The maximum atomic E-state index is 12.5. The monoisotopic (exact) mass is 1110 g/mol. The van der Waals surface area contributed by atoms with Gasteiger partial charge < -0.3 is 5.53 Å². The second kappa shape index (κ2) is 53.4. The molecule has 0 N–H and O–H groups in total. The van der Waals surface area contributed by atoms with E-state index in [1.807, 2.05) is 0 Å². The quantitative estimate of drug-likeness (QED) is 0.0358. The number of allylic oxidation sites excluding steroid dienone is 2. The van der Waals surface area contributed by atoms with Crippen LogP contribution in [0.4, 0.5) is 0 Å². The topological polar surface area (TPSA) is 25.3 Å². The molecule has 1 aliphatic rings. The summed E-state index contributed by atoms with van der Waals surface area (Å²) in [5.41, 5.74) is 22.1. The smallest absolute Gasteiger partial charge is 0.211 e. The molecule has 0 unspecified atom stereocenters. The molecular weight excluding hydrogens is 977 g/mol. The lowest BCUT2D eigenvalue weighted by molar-refractivity contribution is -0.345. The maximum Gasteiger partial charge on any atom is 0.211 e. The lowest BCUT2D eigenvalue weighted by atomic mass is 9.90. The third-order valence-corrected chi connectivity index (χ3v) is 17.8. The van der Waals surface area contributed by atoms with Crippen LogP contribution in [0.5, 0.6) is 0 Å². The molecule has 2 nitrogen and oxygen atoms in total. The van der Waals surface area contributed by atoms with Crippen molar-refractivity contribution in [2.24, 2.45) is 0 Å². The Hall–Kier alpha value is -3.36. The van der Waals surface area contributed by atoms with Crippen LogP contribution in [0.3, 0.4) is 0 Å². The highest BCUT2D eigenvalue weighted by atomic mass is 15.2. The molecule has 0 radical (unpaired) electrons. The number of hydrogen-bond acceptors (Lipinski definition) is 0. The molecule has 0 saturated carbocycles. The Balaban J connectivity index is 1.34. The molecule has 1 heterocycles. The van der Waals surface area contributed by atoms with Crippen molar-refractivity contribution in [3.05, 3.63) is 87.5 Å². The summed E-state index contributed by atoms with van der Waals surface area (Å²) in [6, 6.07) is 17.7. The summed E-state index contributed by atoms with van der Waals surface area (Å²) in [5.74, 6) is 14.2. The number of rotatable bonds is 55. The molecule has 2 aromatic rings. The Labute approximate surface area is 505 Å². The molecule has 0 bridgehead atoms. The van der Waals surface area contributed by atoms with Gasteiger partial charge in [0.25, 0.3) is 0 Å². The van der Waals surface area contributed by atoms with E-state index in [1.165, 1.54) is 309 Å². The molecule has 0 amide bonds. The molecule has 2 heteroatoms. The molecule has 456 valence electrons. The number of aryl methyl sites for hydroxylation is 2. The van der Waals surface area contributed by atoms with E-state index in [0.29, 0.717) is 0 Å². The van der Waals surface area contributed by atoms with E-state index < -0.39 is 0 Å². The number of unbranched alkanes of at least 4 members (excludes halogenated alkanes) is 45. The van der Waals surface area contributed by atoms with E-state index >= 15 is 0 Å². The number of nitrogens with zero attached hydrogens (tertiary/aromatic N) is 2. The number of benzene rings is 2. The highest BCUT2D eigenvalue weighted by Crippen LogP contribution is 2.46. The van der Waals surface area contributed by atoms with Gasteiger partial charge in [0.15, 0.2) is 0 Å². The molecule has 1 aliphatic heterocycles. The molecule has 81 heavy (non-hydrogen) atoms. The molecule has 0 aromatic heterocycles. The van der Waals surface area contributed by atoms with Crippen molar-refractivity contribution in [3.8, 4) is 23.7 Å². The summed E-state index contributed by atoms with van der Waals surface area (Å²) >= 11 is 0. The van der Waals surface area contributed by atoms with Gasteiger partial charge in [0.2, 0.25) is 11.4 Å². The fraction of sp³-hybridized carbons (Fsp3) is 0.747. The zero-order chi connectivity index (χ0) is 57.6. The second-order valence-corrected chi connectivity index (χ2v) is 25.2. The van der Waals surface area contributed by atoms with E-state index in [9.17, 15) is 5.53 Å². The highest BCUT2D eigenvalue weighted by Gasteiger charge is 2.36. The van der Waals surface area contributed by atoms with Gasteiger partial charge >= 0.3 is 0 Å². The van der Waals surface area contributed by atoms with Gasteiger partial charge in [-0.2, -0.15) is 0 Å². The van der Waals surface area contributed by atoms with E-state index in [2.05, 4.69) is 99.9 Å². The molecule has 0 saturated heterocycles. The van der Waals surface area contributed by atoms with Gasteiger partial charge in [0.05, 0.1) is 0 Å². The standard InChI is InChI=1S/C79H130N2/c1-5-9-13-15-17-19-21-23-25-27-29-31-33-35-37-39-41-43-45-47-49-51-53-55-57-59-65-73-67-61-63-71-75(73)79-77(69-12-8-4)76(68-11-7-3)78(81(79)80)74-70-62-60-66-72(74)64-58-56-54-52-50-48-46-44-42-40-38-36-34-32-30-28-26-24-22-20-18-16-14-10-6-2/h60-63,66-67,70-71H,5-53,58-59,64-65,68-69H2,1-4H3. The Kier molecular flexibility index (Phi) is 47.4. The van der Waals surface area contributed by atoms with Gasteiger partial charge in [0.1, 0.15) is 0 Å². The van der Waals surface area contributed by atoms with Crippen LogP contribution in [-0.4, -0.2) is 4.70 Å². The van der Waals surface area contributed by atoms with Crippen molar-refractivity contribution in [2.45, 2.75) is 381 Å². The first-order valence-electron chi connectivity index (χ1n) is 36.2. The van der Waals surface area contributed by atoms with E-state index in [-0.39, 0.29) is 0 Å². The van der Waals surface area contributed by atoms with Gasteiger partial charge in [-0.15, -0.1) is 23.7 Å². The fourth-order valence-electron chi connectivity index (χ4n) is 12.6. The van der Waals surface area contributed by atoms with Gasteiger partial charge in [-0.3, -0.25) is 0 Å². The normalized spacial score (nSPS) is 12.4. The first-order valence-corrected chi connectivity index (χ1v) is 36.2. The van der Waals surface area contributed by atoms with Crippen LogP contribution in [0.2, 0.25) is 0 Å². The molecule has 3 rings (SSSR count). The predicted molar refractivity (Wildman–Crippen MR) is 361 cm³/mol. The Morgan fingerprint density at radius 2 is 0.481 bits per heavy atom. The summed E-state index contributed by atoms with van der Waals surface area (Å²) in [7, 11) is 0. The van der Waals surface area contributed by atoms with Gasteiger partial charge in [-0.25, -0.2) is 4.70 Å². The summed E-state index contributed by atoms with van der Waals surface area (Å²) in [5, 5.41) is 0. The van der Waals surface area contributed by atoms with Gasteiger partial charge in [0, 0.05) is 48.0 Å². The third-order valence-electron chi connectivity index (χ3n) is 17.8. The summed E-state index contributed by atoms with van der Waals surface area (Å²) < 4.78 is 1.60. The van der Waals surface area contributed by atoms with Crippen molar-refractivity contribution in [2.75, 3.05) is 0 Å². The third kappa shape index (κ3) is 35.5. The minimum Gasteiger partial charge on any atom is -0.493 e.